The highest BCUT2D eigenvalue weighted by Crippen LogP contribution is 2.37. The minimum atomic E-state index is -0.00806. The van der Waals surface area contributed by atoms with E-state index in [9.17, 15) is 0 Å². The molecule has 0 N–H and O–H groups in total. The van der Waals surface area contributed by atoms with E-state index in [-0.39, 0.29) is 5.41 Å². The lowest BCUT2D eigenvalue weighted by atomic mass is 9.89. The van der Waals surface area contributed by atoms with Gasteiger partial charge >= 0.3 is 0 Å². The largest absolute Gasteiger partial charge is 0.492 e. The van der Waals surface area contributed by atoms with Gasteiger partial charge in [-0.3, -0.25) is 4.98 Å². The first-order valence-electron chi connectivity index (χ1n) is 6.52. The fraction of sp³-hybridized carbons (Fsp3) is 0.235. The summed E-state index contributed by atoms with van der Waals surface area (Å²) in [4.78, 5) is 4.48. The molecule has 0 aliphatic carbocycles. The van der Waals surface area contributed by atoms with Crippen LogP contribution >= 0.6 is 0 Å². The van der Waals surface area contributed by atoms with E-state index in [1.807, 2.05) is 42.6 Å². The van der Waals surface area contributed by atoms with Crippen molar-refractivity contribution in [1.29, 1.82) is 0 Å². The van der Waals surface area contributed by atoms with Crippen LogP contribution in [0.15, 0.2) is 54.7 Å². The van der Waals surface area contributed by atoms with Crippen molar-refractivity contribution in [2.75, 3.05) is 6.61 Å². The number of nitrogens with zero attached hydrogens (tertiary/aromatic N) is 1. The smallest absolute Gasteiger partial charge is 0.127 e. The lowest BCUT2D eigenvalue weighted by Gasteiger charge is -2.18. The molecule has 2 heteroatoms. The van der Waals surface area contributed by atoms with Crippen molar-refractivity contribution in [3.8, 4) is 5.75 Å². The van der Waals surface area contributed by atoms with Crippen LogP contribution in [-0.2, 0) is 0 Å². The second kappa shape index (κ2) is 4.54. The van der Waals surface area contributed by atoms with Crippen molar-refractivity contribution >= 4 is 5.57 Å². The Morgan fingerprint density at radius 2 is 1.84 bits per heavy atom. The standard InChI is InChI=1S/C17H17NO/c1-17(2)11-14(15-8-5-6-10-18-15)13-7-3-4-9-16(13)19-12-17/h3-11H,12H2,1-2H3. The van der Waals surface area contributed by atoms with E-state index in [1.54, 1.807) is 0 Å². The number of aromatic nitrogens is 1. The van der Waals surface area contributed by atoms with Gasteiger partial charge in [0.15, 0.2) is 0 Å². The molecule has 1 aromatic carbocycles. The van der Waals surface area contributed by atoms with Gasteiger partial charge < -0.3 is 4.74 Å². The lowest BCUT2D eigenvalue weighted by molar-refractivity contribution is 0.225. The number of hydrogen-bond acceptors (Lipinski definition) is 2. The summed E-state index contributed by atoms with van der Waals surface area (Å²) in [5.41, 5.74) is 3.25. The number of para-hydroxylation sites is 1. The predicted octanol–water partition coefficient (Wildman–Crippen LogP) is 3.93. The van der Waals surface area contributed by atoms with Crippen molar-refractivity contribution in [3.05, 3.63) is 66.0 Å². The molecule has 2 aromatic rings. The Kier molecular flexibility index (Phi) is 2.86. The van der Waals surface area contributed by atoms with E-state index in [0.29, 0.717) is 6.61 Å². The molecule has 0 saturated carbocycles. The van der Waals surface area contributed by atoms with Crippen LogP contribution in [0.25, 0.3) is 5.57 Å². The van der Waals surface area contributed by atoms with E-state index < -0.39 is 0 Å². The summed E-state index contributed by atoms with van der Waals surface area (Å²) in [5, 5.41) is 0. The van der Waals surface area contributed by atoms with Gasteiger partial charge in [0.1, 0.15) is 5.75 Å². The third-order valence-electron chi connectivity index (χ3n) is 3.25. The summed E-state index contributed by atoms with van der Waals surface area (Å²) in [7, 11) is 0. The molecule has 1 aliphatic rings. The van der Waals surface area contributed by atoms with Crippen LogP contribution in [0.4, 0.5) is 0 Å². The molecule has 0 spiro atoms. The van der Waals surface area contributed by atoms with Crippen molar-refractivity contribution in [1.82, 2.24) is 4.98 Å². The Morgan fingerprint density at radius 3 is 2.63 bits per heavy atom. The maximum Gasteiger partial charge on any atom is 0.127 e. The lowest BCUT2D eigenvalue weighted by Crippen LogP contribution is -2.17. The van der Waals surface area contributed by atoms with Gasteiger partial charge in [-0.15, -0.1) is 0 Å². The molecule has 2 nitrogen and oxygen atoms in total. The van der Waals surface area contributed by atoms with E-state index in [2.05, 4.69) is 31.0 Å². The fourth-order valence-corrected chi connectivity index (χ4v) is 2.32. The van der Waals surface area contributed by atoms with Crippen LogP contribution in [0.2, 0.25) is 0 Å². The molecule has 0 radical (unpaired) electrons. The molecule has 0 atom stereocenters. The van der Waals surface area contributed by atoms with E-state index in [1.165, 1.54) is 0 Å². The zero-order valence-corrected chi connectivity index (χ0v) is 11.3. The molecule has 3 rings (SSSR count). The van der Waals surface area contributed by atoms with Crippen molar-refractivity contribution in [2.45, 2.75) is 13.8 Å². The Labute approximate surface area is 113 Å². The summed E-state index contributed by atoms with van der Waals surface area (Å²) in [6, 6.07) is 14.2. The quantitative estimate of drug-likeness (QED) is 0.766. The molecule has 0 unspecified atom stereocenters. The minimum absolute atomic E-state index is 0.00806. The first kappa shape index (κ1) is 12.0. The molecule has 96 valence electrons. The maximum atomic E-state index is 5.94. The number of pyridine rings is 1. The highest BCUT2D eigenvalue weighted by Gasteiger charge is 2.24. The summed E-state index contributed by atoms with van der Waals surface area (Å²) < 4.78 is 5.94. The summed E-state index contributed by atoms with van der Waals surface area (Å²) in [5.74, 6) is 0.935. The molecular weight excluding hydrogens is 234 g/mol. The number of benzene rings is 1. The summed E-state index contributed by atoms with van der Waals surface area (Å²) in [6.07, 6.45) is 4.10. The van der Waals surface area contributed by atoms with Crippen molar-refractivity contribution < 1.29 is 4.74 Å². The Balaban J connectivity index is 2.20. The molecule has 1 aromatic heterocycles. The van der Waals surface area contributed by atoms with E-state index >= 15 is 0 Å². The maximum absolute atomic E-state index is 5.94. The predicted molar refractivity (Wildman–Crippen MR) is 77.0 cm³/mol. The molecule has 0 fully saturated rings. The normalized spacial score (nSPS) is 16.8. The SMILES string of the molecule is CC1(C)C=C(c2ccccn2)c2ccccc2OC1. The summed E-state index contributed by atoms with van der Waals surface area (Å²) >= 11 is 0. The zero-order valence-electron chi connectivity index (χ0n) is 11.3. The Morgan fingerprint density at radius 1 is 1.05 bits per heavy atom. The average Bonchev–Trinajstić information content (AvgIpc) is 2.57. The van der Waals surface area contributed by atoms with Crippen LogP contribution in [0, 0.1) is 5.41 Å². The molecule has 0 bridgehead atoms. The van der Waals surface area contributed by atoms with E-state index in [4.69, 9.17) is 4.74 Å². The van der Waals surface area contributed by atoms with Gasteiger partial charge in [-0.1, -0.05) is 44.2 Å². The second-order valence-corrected chi connectivity index (χ2v) is 5.55. The Bertz CT molecular complexity index is 614. The minimum Gasteiger partial charge on any atom is -0.492 e. The van der Waals surface area contributed by atoms with Gasteiger partial charge in [0, 0.05) is 22.7 Å². The molecule has 0 saturated heterocycles. The fourth-order valence-electron chi connectivity index (χ4n) is 2.32. The van der Waals surface area contributed by atoms with Gasteiger partial charge in [-0.05, 0) is 18.2 Å². The first-order valence-corrected chi connectivity index (χ1v) is 6.52. The van der Waals surface area contributed by atoms with Gasteiger partial charge in [0.2, 0.25) is 0 Å². The van der Waals surface area contributed by atoms with Crippen LogP contribution in [0.5, 0.6) is 5.75 Å². The molecule has 1 aliphatic heterocycles. The number of rotatable bonds is 1. The van der Waals surface area contributed by atoms with Crippen LogP contribution in [-0.4, -0.2) is 11.6 Å². The summed E-state index contributed by atoms with van der Waals surface area (Å²) in [6.45, 7) is 5.05. The monoisotopic (exact) mass is 251 g/mol. The first-order chi connectivity index (χ1) is 9.16. The van der Waals surface area contributed by atoms with Crippen molar-refractivity contribution in [3.63, 3.8) is 0 Å². The highest BCUT2D eigenvalue weighted by molar-refractivity contribution is 5.82. The van der Waals surface area contributed by atoms with E-state index in [0.717, 1.165) is 22.6 Å². The molecular formula is C17H17NO. The van der Waals surface area contributed by atoms with Gasteiger partial charge in [-0.25, -0.2) is 0 Å². The van der Waals surface area contributed by atoms with Gasteiger partial charge in [0.25, 0.3) is 0 Å². The number of hydrogen-bond donors (Lipinski definition) is 0. The van der Waals surface area contributed by atoms with Gasteiger partial charge in [0.05, 0.1) is 12.3 Å². The number of ether oxygens (including phenoxy) is 1. The number of fused-ring (bicyclic) bond motifs is 1. The van der Waals surface area contributed by atoms with Crippen molar-refractivity contribution in [2.24, 2.45) is 5.41 Å². The highest BCUT2D eigenvalue weighted by atomic mass is 16.5. The third-order valence-corrected chi connectivity index (χ3v) is 3.25. The molecule has 19 heavy (non-hydrogen) atoms. The second-order valence-electron chi connectivity index (χ2n) is 5.55. The third kappa shape index (κ3) is 2.39. The zero-order chi connectivity index (χ0) is 13.3. The van der Waals surface area contributed by atoms with Crippen LogP contribution in [0.3, 0.4) is 0 Å². The van der Waals surface area contributed by atoms with Crippen LogP contribution < -0.4 is 4.74 Å². The Hall–Kier alpha value is -2.09. The van der Waals surface area contributed by atoms with Gasteiger partial charge in [-0.2, -0.15) is 0 Å². The van der Waals surface area contributed by atoms with Crippen LogP contribution in [0.1, 0.15) is 25.1 Å². The average molecular weight is 251 g/mol. The molecule has 2 heterocycles. The molecule has 0 amide bonds. The topological polar surface area (TPSA) is 22.1 Å².